The van der Waals surface area contributed by atoms with Crippen LogP contribution in [0.15, 0.2) is 41.7 Å². The summed E-state index contributed by atoms with van der Waals surface area (Å²) in [4.78, 5) is 15.3. The number of ketones is 1. The molecule has 0 radical (unpaired) electrons. The number of carbonyl (C=O) groups is 1. The van der Waals surface area contributed by atoms with Crippen LogP contribution in [0.4, 0.5) is 0 Å². The van der Waals surface area contributed by atoms with Crippen LogP contribution in [-0.4, -0.2) is 36.1 Å². The molecule has 0 fully saturated rings. The Bertz CT molecular complexity index is 582. The zero-order valence-corrected chi connectivity index (χ0v) is 12.3. The van der Waals surface area contributed by atoms with Gasteiger partial charge in [0.25, 0.3) is 0 Å². The van der Waals surface area contributed by atoms with Crippen molar-refractivity contribution < 1.29 is 19.1 Å². The van der Waals surface area contributed by atoms with Crippen LogP contribution in [0.25, 0.3) is 0 Å². The molecule has 0 bridgehead atoms. The number of Topliss-reactive ketones (excluding diaryl/α,β-unsaturated/α-hetero) is 1. The summed E-state index contributed by atoms with van der Waals surface area (Å²) in [7, 11) is 0. The second-order valence-corrected chi connectivity index (χ2v) is 4.96. The second-order valence-electron chi connectivity index (χ2n) is 4.96. The highest BCUT2D eigenvalue weighted by atomic mass is 16.5. The third-order valence-electron chi connectivity index (χ3n) is 3.00. The first-order valence-corrected chi connectivity index (χ1v) is 6.95. The quantitative estimate of drug-likeness (QED) is 0.544. The standard InChI is InChI=1S/C16H19N2O3/c1-12(2)16(19)11-20-9-10-21-14-5-3-13(4-6-14)15-7-8-17-18-15/h3-8,12H,9-11H2,1-2H3/q+1. The first kappa shape index (κ1) is 15.2. The molecule has 1 aromatic carbocycles. The van der Waals surface area contributed by atoms with Gasteiger partial charge in [0.15, 0.2) is 5.78 Å². The summed E-state index contributed by atoms with van der Waals surface area (Å²) in [6.45, 7) is 4.69. The molecule has 1 aromatic rings. The third kappa shape index (κ3) is 4.67. The van der Waals surface area contributed by atoms with E-state index in [0.29, 0.717) is 13.2 Å². The summed E-state index contributed by atoms with van der Waals surface area (Å²) in [6, 6.07) is 7.62. The number of carbonyl (C=O) groups excluding carboxylic acids is 1. The lowest BCUT2D eigenvalue weighted by Crippen LogP contribution is -2.17. The molecule has 0 atom stereocenters. The summed E-state index contributed by atoms with van der Waals surface area (Å²) < 4.78 is 10.8. The van der Waals surface area contributed by atoms with Crippen molar-refractivity contribution in [2.45, 2.75) is 13.8 Å². The molecule has 0 aliphatic carbocycles. The van der Waals surface area contributed by atoms with Gasteiger partial charge in [-0.15, -0.1) is 0 Å². The molecule has 5 heteroatoms. The maximum absolute atomic E-state index is 11.3. The highest BCUT2D eigenvalue weighted by molar-refractivity contribution is 6.05. The SMILES string of the molecule is CC(C)C(=O)COCCOc1ccc(C2=[N+]=NC=C2)cc1. The Kier molecular flexibility index (Phi) is 5.43. The maximum Gasteiger partial charge on any atom is 0.374 e. The molecule has 1 aliphatic heterocycles. The number of benzene rings is 1. The number of allylic oxidation sites excluding steroid dienone is 1. The Morgan fingerprint density at radius 2 is 2.00 bits per heavy atom. The minimum atomic E-state index is 0.0118. The molecular formula is C16H19N2O3+. The predicted molar refractivity (Wildman–Crippen MR) is 78.5 cm³/mol. The van der Waals surface area contributed by atoms with Gasteiger partial charge < -0.3 is 9.47 Å². The number of hydrogen-bond acceptors (Lipinski definition) is 4. The fourth-order valence-corrected chi connectivity index (χ4v) is 1.67. The lowest BCUT2D eigenvalue weighted by atomic mass is 10.1. The largest absolute Gasteiger partial charge is 0.491 e. The van der Waals surface area contributed by atoms with Crippen molar-refractivity contribution in [3.05, 3.63) is 42.1 Å². The Balaban J connectivity index is 1.71. The van der Waals surface area contributed by atoms with Crippen LogP contribution in [0.1, 0.15) is 19.4 Å². The topological polar surface area (TPSA) is 62.0 Å². The van der Waals surface area contributed by atoms with Crippen LogP contribution in [0.5, 0.6) is 5.75 Å². The normalized spacial score (nSPS) is 12.8. The summed E-state index contributed by atoms with van der Waals surface area (Å²) in [6.07, 6.45) is 3.52. The third-order valence-corrected chi connectivity index (χ3v) is 3.00. The van der Waals surface area contributed by atoms with E-state index in [2.05, 4.69) is 9.90 Å². The number of ether oxygens (including phenoxy) is 2. The zero-order valence-electron chi connectivity index (χ0n) is 12.3. The van der Waals surface area contributed by atoms with E-state index in [1.807, 2.05) is 44.2 Å². The fraction of sp³-hybridized carbons (Fsp3) is 0.375. The molecule has 0 saturated heterocycles. The second kappa shape index (κ2) is 7.53. The van der Waals surface area contributed by atoms with Crippen molar-refractivity contribution in [2.24, 2.45) is 11.0 Å². The molecular weight excluding hydrogens is 268 g/mol. The van der Waals surface area contributed by atoms with E-state index < -0.39 is 0 Å². The van der Waals surface area contributed by atoms with Gasteiger partial charge in [-0.05, 0) is 24.3 Å². The van der Waals surface area contributed by atoms with Crippen molar-refractivity contribution in [3.63, 3.8) is 0 Å². The van der Waals surface area contributed by atoms with E-state index in [1.54, 1.807) is 6.20 Å². The average Bonchev–Trinajstić information content (AvgIpc) is 3.01. The highest BCUT2D eigenvalue weighted by Crippen LogP contribution is 2.13. The molecule has 2 rings (SSSR count). The maximum atomic E-state index is 11.3. The smallest absolute Gasteiger partial charge is 0.374 e. The number of rotatable bonds is 8. The van der Waals surface area contributed by atoms with E-state index in [9.17, 15) is 4.79 Å². The van der Waals surface area contributed by atoms with E-state index in [4.69, 9.17) is 9.47 Å². The van der Waals surface area contributed by atoms with Gasteiger partial charge in [0.1, 0.15) is 30.3 Å². The summed E-state index contributed by atoms with van der Waals surface area (Å²) in [5, 5.41) is 3.79. The van der Waals surface area contributed by atoms with Crippen LogP contribution in [0.3, 0.4) is 0 Å². The first-order valence-electron chi connectivity index (χ1n) is 6.95. The molecule has 110 valence electrons. The minimum Gasteiger partial charge on any atom is -0.491 e. The van der Waals surface area contributed by atoms with Crippen LogP contribution in [-0.2, 0) is 9.53 Å². The van der Waals surface area contributed by atoms with E-state index in [-0.39, 0.29) is 18.3 Å². The first-order chi connectivity index (χ1) is 10.2. The fourth-order valence-electron chi connectivity index (χ4n) is 1.67. The van der Waals surface area contributed by atoms with Gasteiger partial charge in [-0.25, -0.2) is 0 Å². The Hall–Kier alpha value is -2.23. The van der Waals surface area contributed by atoms with Crippen LogP contribution >= 0.6 is 0 Å². The molecule has 21 heavy (non-hydrogen) atoms. The lowest BCUT2D eigenvalue weighted by molar-refractivity contribution is -0.126. The molecule has 1 heterocycles. The van der Waals surface area contributed by atoms with Gasteiger partial charge in [0.2, 0.25) is 0 Å². The van der Waals surface area contributed by atoms with E-state index in [0.717, 1.165) is 17.0 Å². The van der Waals surface area contributed by atoms with Gasteiger partial charge in [-0.3, -0.25) is 4.79 Å². The zero-order chi connectivity index (χ0) is 15.1. The van der Waals surface area contributed by atoms with Gasteiger partial charge in [0.05, 0.1) is 23.0 Å². The molecule has 0 aromatic heterocycles. The minimum absolute atomic E-state index is 0.0118. The predicted octanol–water partition coefficient (Wildman–Crippen LogP) is 2.28. The van der Waals surface area contributed by atoms with Crippen molar-refractivity contribution in [3.8, 4) is 5.75 Å². The monoisotopic (exact) mass is 287 g/mol. The Morgan fingerprint density at radius 3 is 2.62 bits per heavy atom. The summed E-state index contributed by atoms with van der Waals surface area (Å²) in [5.74, 6) is 0.880. The molecule has 0 spiro atoms. The molecule has 0 N–H and O–H groups in total. The molecule has 0 amide bonds. The van der Waals surface area contributed by atoms with Crippen molar-refractivity contribution in [1.82, 2.24) is 0 Å². The average molecular weight is 287 g/mol. The highest BCUT2D eigenvalue weighted by Gasteiger charge is 2.14. The van der Waals surface area contributed by atoms with Gasteiger partial charge in [-0.2, -0.15) is 0 Å². The van der Waals surface area contributed by atoms with Crippen molar-refractivity contribution in [1.29, 1.82) is 0 Å². The lowest BCUT2D eigenvalue weighted by Gasteiger charge is -2.08. The number of hydrogen-bond donors (Lipinski definition) is 0. The molecule has 5 nitrogen and oxygen atoms in total. The number of nitrogens with zero attached hydrogens (tertiary/aromatic N) is 2. The van der Waals surface area contributed by atoms with Crippen LogP contribution < -0.4 is 4.74 Å². The molecule has 1 aliphatic rings. The molecule has 0 unspecified atom stereocenters. The van der Waals surface area contributed by atoms with E-state index in [1.165, 1.54) is 0 Å². The summed E-state index contributed by atoms with van der Waals surface area (Å²) >= 11 is 0. The van der Waals surface area contributed by atoms with Crippen LogP contribution in [0.2, 0.25) is 0 Å². The van der Waals surface area contributed by atoms with Crippen molar-refractivity contribution >= 4 is 11.5 Å². The van der Waals surface area contributed by atoms with Crippen molar-refractivity contribution in [2.75, 3.05) is 19.8 Å². The Labute approximate surface area is 124 Å². The summed E-state index contributed by atoms with van der Waals surface area (Å²) in [5.41, 5.74) is 1.84. The molecule has 0 saturated carbocycles. The van der Waals surface area contributed by atoms with Gasteiger partial charge >= 0.3 is 5.71 Å². The van der Waals surface area contributed by atoms with Crippen LogP contribution in [0, 0.1) is 5.92 Å². The Morgan fingerprint density at radius 1 is 1.24 bits per heavy atom. The van der Waals surface area contributed by atoms with Gasteiger partial charge in [-0.1, -0.05) is 13.8 Å². The van der Waals surface area contributed by atoms with Gasteiger partial charge in [0, 0.05) is 5.92 Å². The van der Waals surface area contributed by atoms with E-state index >= 15 is 0 Å².